The minimum Gasteiger partial charge on any atom is -0.489 e. The van der Waals surface area contributed by atoms with E-state index in [0.717, 1.165) is 55.6 Å². The number of rotatable bonds is 7. The minimum absolute atomic E-state index is 0.0116. The molecule has 0 spiro atoms. The third-order valence-corrected chi connectivity index (χ3v) is 5.08. The summed E-state index contributed by atoms with van der Waals surface area (Å²) in [5, 5.41) is 6.96. The predicted octanol–water partition coefficient (Wildman–Crippen LogP) is 3.38. The number of para-hydroxylation sites is 1. The summed E-state index contributed by atoms with van der Waals surface area (Å²) in [5.41, 5.74) is 1.15. The van der Waals surface area contributed by atoms with Crippen molar-refractivity contribution >= 4 is 11.8 Å². The Morgan fingerprint density at radius 1 is 1.21 bits per heavy atom. The van der Waals surface area contributed by atoms with E-state index in [1.165, 1.54) is 0 Å². The van der Waals surface area contributed by atoms with E-state index in [9.17, 15) is 0 Å². The standard InChI is InChI=1S/C23H33N5O/c1-4-24-23(26-17-19(3)29-21-10-6-5-9-18(21)2)27-20-12-15-28(16-13-20)22-11-7-8-14-25-22/h5-11,14,19-20H,4,12-13,15-17H2,1-3H3,(H2,24,26,27). The number of piperidine rings is 1. The van der Waals surface area contributed by atoms with E-state index in [4.69, 9.17) is 9.73 Å². The first-order valence-electron chi connectivity index (χ1n) is 10.6. The highest BCUT2D eigenvalue weighted by atomic mass is 16.5. The van der Waals surface area contributed by atoms with Crippen molar-refractivity contribution in [1.82, 2.24) is 15.6 Å². The molecule has 0 bridgehead atoms. The number of aromatic nitrogens is 1. The summed E-state index contributed by atoms with van der Waals surface area (Å²) in [7, 11) is 0. The topological polar surface area (TPSA) is 61.8 Å². The fourth-order valence-corrected chi connectivity index (χ4v) is 3.47. The van der Waals surface area contributed by atoms with Crippen LogP contribution in [0.5, 0.6) is 5.75 Å². The van der Waals surface area contributed by atoms with Crippen LogP contribution in [0.3, 0.4) is 0 Å². The molecule has 1 aromatic carbocycles. The lowest BCUT2D eigenvalue weighted by Gasteiger charge is -2.33. The quantitative estimate of drug-likeness (QED) is 0.556. The van der Waals surface area contributed by atoms with Gasteiger partial charge in [-0.2, -0.15) is 0 Å². The summed E-state index contributed by atoms with van der Waals surface area (Å²) >= 11 is 0. The van der Waals surface area contributed by atoms with Crippen molar-refractivity contribution in [2.75, 3.05) is 31.1 Å². The van der Waals surface area contributed by atoms with Gasteiger partial charge in [0, 0.05) is 31.9 Å². The molecule has 29 heavy (non-hydrogen) atoms. The first-order valence-corrected chi connectivity index (χ1v) is 10.6. The van der Waals surface area contributed by atoms with Gasteiger partial charge < -0.3 is 20.3 Å². The largest absolute Gasteiger partial charge is 0.489 e. The molecule has 1 atom stereocenters. The molecule has 2 aromatic rings. The molecule has 1 aliphatic rings. The maximum atomic E-state index is 6.05. The molecule has 156 valence electrons. The zero-order valence-corrected chi connectivity index (χ0v) is 17.8. The number of nitrogens with zero attached hydrogens (tertiary/aromatic N) is 3. The second-order valence-electron chi connectivity index (χ2n) is 7.51. The maximum Gasteiger partial charge on any atom is 0.191 e. The third kappa shape index (κ3) is 6.38. The predicted molar refractivity (Wildman–Crippen MR) is 120 cm³/mol. The molecule has 2 heterocycles. The maximum absolute atomic E-state index is 6.05. The van der Waals surface area contributed by atoms with E-state index in [-0.39, 0.29) is 6.10 Å². The first-order chi connectivity index (χ1) is 14.2. The van der Waals surface area contributed by atoms with Gasteiger partial charge in [0.15, 0.2) is 5.96 Å². The molecule has 1 fully saturated rings. The average Bonchev–Trinajstić information content (AvgIpc) is 2.75. The molecular formula is C23H33N5O. The summed E-state index contributed by atoms with van der Waals surface area (Å²) in [4.78, 5) is 11.6. The van der Waals surface area contributed by atoms with Crippen LogP contribution in [0.4, 0.5) is 5.82 Å². The van der Waals surface area contributed by atoms with E-state index < -0.39 is 0 Å². The third-order valence-electron chi connectivity index (χ3n) is 5.08. The van der Waals surface area contributed by atoms with Gasteiger partial charge in [-0.1, -0.05) is 24.3 Å². The molecule has 6 nitrogen and oxygen atoms in total. The molecule has 2 N–H and O–H groups in total. The molecule has 0 amide bonds. The number of hydrogen-bond acceptors (Lipinski definition) is 4. The van der Waals surface area contributed by atoms with Crippen molar-refractivity contribution in [2.45, 2.75) is 45.8 Å². The molecular weight excluding hydrogens is 362 g/mol. The first kappa shape index (κ1) is 21.0. The second-order valence-corrected chi connectivity index (χ2v) is 7.51. The van der Waals surface area contributed by atoms with Crippen molar-refractivity contribution in [3.63, 3.8) is 0 Å². The number of aryl methyl sites for hydroxylation is 1. The summed E-state index contributed by atoms with van der Waals surface area (Å²) in [6.45, 7) is 9.66. The van der Waals surface area contributed by atoms with Crippen molar-refractivity contribution in [3.05, 3.63) is 54.2 Å². The van der Waals surface area contributed by atoms with Crippen molar-refractivity contribution < 1.29 is 4.74 Å². The number of aliphatic imine (C=N–C) groups is 1. The summed E-state index contributed by atoms with van der Waals surface area (Å²) in [6.07, 6.45) is 4.00. The fraction of sp³-hybridized carbons (Fsp3) is 0.478. The van der Waals surface area contributed by atoms with E-state index in [2.05, 4.69) is 53.4 Å². The van der Waals surface area contributed by atoms with Crippen LogP contribution in [0.25, 0.3) is 0 Å². The highest BCUT2D eigenvalue weighted by Gasteiger charge is 2.20. The van der Waals surface area contributed by atoms with Crippen LogP contribution in [-0.4, -0.2) is 49.3 Å². The van der Waals surface area contributed by atoms with Crippen LogP contribution in [0.1, 0.15) is 32.3 Å². The lowest BCUT2D eigenvalue weighted by molar-refractivity contribution is 0.228. The van der Waals surface area contributed by atoms with Crippen molar-refractivity contribution in [2.24, 2.45) is 4.99 Å². The number of pyridine rings is 1. The molecule has 0 saturated carbocycles. The van der Waals surface area contributed by atoms with Crippen LogP contribution < -0.4 is 20.3 Å². The van der Waals surface area contributed by atoms with Crippen LogP contribution in [0.2, 0.25) is 0 Å². The Bertz CT molecular complexity index is 772. The number of guanidine groups is 1. The lowest BCUT2D eigenvalue weighted by Crippen LogP contribution is -2.49. The van der Waals surface area contributed by atoms with E-state index in [0.29, 0.717) is 12.6 Å². The van der Waals surface area contributed by atoms with Gasteiger partial charge >= 0.3 is 0 Å². The Morgan fingerprint density at radius 3 is 2.66 bits per heavy atom. The fourth-order valence-electron chi connectivity index (χ4n) is 3.47. The van der Waals surface area contributed by atoms with Crippen LogP contribution in [-0.2, 0) is 0 Å². The van der Waals surface area contributed by atoms with Crippen LogP contribution in [0.15, 0.2) is 53.7 Å². The minimum atomic E-state index is 0.0116. The van der Waals surface area contributed by atoms with Gasteiger partial charge in [-0.3, -0.25) is 0 Å². The van der Waals surface area contributed by atoms with E-state index in [1.807, 2.05) is 36.5 Å². The Labute approximate surface area is 174 Å². The van der Waals surface area contributed by atoms with Gasteiger partial charge in [-0.05, 0) is 57.4 Å². The smallest absolute Gasteiger partial charge is 0.191 e. The number of ether oxygens (including phenoxy) is 1. The molecule has 6 heteroatoms. The van der Waals surface area contributed by atoms with Crippen LogP contribution >= 0.6 is 0 Å². The van der Waals surface area contributed by atoms with Crippen LogP contribution in [0, 0.1) is 6.92 Å². The monoisotopic (exact) mass is 395 g/mol. The van der Waals surface area contributed by atoms with E-state index in [1.54, 1.807) is 0 Å². The number of hydrogen-bond donors (Lipinski definition) is 2. The van der Waals surface area contributed by atoms with Gasteiger partial charge in [0.1, 0.15) is 17.7 Å². The molecule has 0 radical (unpaired) electrons. The van der Waals surface area contributed by atoms with Gasteiger partial charge in [0.05, 0.1) is 6.54 Å². The number of benzene rings is 1. The molecule has 1 saturated heterocycles. The zero-order chi connectivity index (χ0) is 20.5. The Hall–Kier alpha value is -2.76. The Morgan fingerprint density at radius 2 is 1.97 bits per heavy atom. The molecule has 1 unspecified atom stereocenters. The molecule has 1 aromatic heterocycles. The summed E-state index contributed by atoms with van der Waals surface area (Å²) in [6, 6.07) is 14.6. The molecule has 3 rings (SSSR count). The van der Waals surface area contributed by atoms with Gasteiger partial charge in [0.25, 0.3) is 0 Å². The molecule has 1 aliphatic heterocycles. The van der Waals surface area contributed by atoms with Gasteiger partial charge in [-0.25, -0.2) is 9.98 Å². The second kappa shape index (κ2) is 10.7. The molecule has 0 aliphatic carbocycles. The highest BCUT2D eigenvalue weighted by molar-refractivity contribution is 5.80. The number of anilines is 1. The van der Waals surface area contributed by atoms with E-state index >= 15 is 0 Å². The lowest BCUT2D eigenvalue weighted by atomic mass is 10.1. The Balaban J connectivity index is 1.50. The SMILES string of the molecule is CCNC(=NCC(C)Oc1ccccc1C)NC1CCN(c2ccccn2)CC1. The average molecular weight is 396 g/mol. The summed E-state index contributed by atoms with van der Waals surface area (Å²) in [5.74, 6) is 2.85. The number of nitrogens with one attached hydrogen (secondary N) is 2. The zero-order valence-electron chi connectivity index (χ0n) is 17.8. The normalized spacial score (nSPS) is 16.4. The Kier molecular flexibility index (Phi) is 7.73. The summed E-state index contributed by atoms with van der Waals surface area (Å²) < 4.78 is 6.05. The highest BCUT2D eigenvalue weighted by Crippen LogP contribution is 2.18. The van der Waals surface area contributed by atoms with Gasteiger partial charge in [-0.15, -0.1) is 0 Å². The van der Waals surface area contributed by atoms with Crippen molar-refractivity contribution in [1.29, 1.82) is 0 Å². The van der Waals surface area contributed by atoms with Gasteiger partial charge in [0.2, 0.25) is 0 Å². The van der Waals surface area contributed by atoms with Crippen molar-refractivity contribution in [3.8, 4) is 5.75 Å².